The van der Waals surface area contributed by atoms with E-state index in [0.717, 1.165) is 25.2 Å². The van der Waals surface area contributed by atoms with Crippen LogP contribution >= 0.6 is 0 Å². The fourth-order valence-electron chi connectivity index (χ4n) is 1.31. The lowest BCUT2D eigenvalue weighted by atomic mass is 10.3. The molecule has 0 N–H and O–H groups in total. The van der Waals surface area contributed by atoms with E-state index in [9.17, 15) is 4.79 Å². The van der Waals surface area contributed by atoms with E-state index < -0.39 is 0 Å². The molecule has 0 aliphatic heterocycles. The molecular weight excluding hydrogens is 232 g/mol. The highest BCUT2D eigenvalue weighted by Crippen LogP contribution is 2.17. The predicted molar refractivity (Wildman–Crippen MR) is 69.0 cm³/mol. The molecule has 0 bridgehead atoms. The first-order valence-corrected chi connectivity index (χ1v) is 6.27. The summed E-state index contributed by atoms with van der Waals surface area (Å²) >= 11 is 0. The molecule has 0 aromatic heterocycles. The van der Waals surface area contributed by atoms with E-state index >= 15 is 0 Å². The molecule has 0 amide bonds. The Kier molecular flexibility index (Phi) is 6.69. The summed E-state index contributed by atoms with van der Waals surface area (Å²) in [4.78, 5) is 11.1. The summed E-state index contributed by atoms with van der Waals surface area (Å²) in [5.41, 5.74) is 0. The van der Waals surface area contributed by atoms with Crippen molar-refractivity contribution >= 4 is 5.97 Å². The lowest BCUT2D eigenvalue weighted by Gasteiger charge is -2.08. The van der Waals surface area contributed by atoms with Gasteiger partial charge in [0.2, 0.25) is 0 Å². The van der Waals surface area contributed by atoms with Gasteiger partial charge in [-0.15, -0.1) is 0 Å². The second-order valence-electron chi connectivity index (χ2n) is 3.77. The molecule has 0 aliphatic carbocycles. The molecule has 4 nitrogen and oxygen atoms in total. The number of unbranched alkanes of at least 4 members (excludes halogenated alkanes) is 1. The zero-order chi connectivity index (χ0) is 13.2. The molecule has 0 fully saturated rings. The van der Waals surface area contributed by atoms with Crippen LogP contribution in [0.15, 0.2) is 24.3 Å². The lowest BCUT2D eigenvalue weighted by Crippen LogP contribution is -2.14. The van der Waals surface area contributed by atoms with Gasteiger partial charge in [-0.1, -0.05) is 13.3 Å². The van der Waals surface area contributed by atoms with Crippen LogP contribution in [0, 0.1) is 0 Å². The largest absolute Gasteiger partial charge is 0.494 e. The Hall–Kier alpha value is -1.71. The third kappa shape index (κ3) is 5.57. The van der Waals surface area contributed by atoms with Crippen molar-refractivity contribution in [1.29, 1.82) is 0 Å². The summed E-state index contributed by atoms with van der Waals surface area (Å²) in [5.74, 6) is 1.08. The van der Waals surface area contributed by atoms with Crippen LogP contribution in [0.5, 0.6) is 11.5 Å². The molecule has 100 valence electrons. The fourth-order valence-corrected chi connectivity index (χ4v) is 1.31. The number of carbonyl (C=O) groups excluding carboxylic acids is 1. The molecule has 0 heterocycles. The van der Waals surface area contributed by atoms with Gasteiger partial charge in [-0.05, 0) is 37.6 Å². The van der Waals surface area contributed by atoms with Gasteiger partial charge in [-0.25, -0.2) is 4.79 Å². The Labute approximate surface area is 108 Å². The molecule has 0 atom stereocenters. The van der Waals surface area contributed by atoms with Crippen molar-refractivity contribution in [1.82, 2.24) is 0 Å². The second-order valence-corrected chi connectivity index (χ2v) is 3.77. The highest BCUT2D eigenvalue weighted by Gasteiger charge is 2.03. The van der Waals surface area contributed by atoms with Gasteiger partial charge in [-0.3, -0.25) is 0 Å². The highest BCUT2D eigenvalue weighted by atomic mass is 16.6. The van der Waals surface area contributed by atoms with Gasteiger partial charge in [0.15, 0.2) is 6.61 Å². The van der Waals surface area contributed by atoms with Crippen molar-refractivity contribution in [3.05, 3.63) is 24.3 Å². The van der Waals surface area contributed by atoms with Crippen molar-refractivity contribution in [3.8, 4) is 11.5 Å². The summed E-state index contributed by atoms with van der Waals surface area (Å²) in [7, 11) is 0. The summed E-state index contributed by atoms with van der Waals surface area (Å²) in [6.07, 6.45) is 2.15. The van der Waals surface area contributed by atoms with Gasteiger partial charge in [0.1, 0.15) is 11.5 Å². The van der Waals surface area contributed by atoms with Crippen LogP contribution in [0.2, 0.25) is 0 Å². The van der Waals surface area contributed by atoms with Crippen molar-refractivity contribution in [2.45, 2.75) is 26.7 Å². The van der Waals surface area contributed by atoms with Gasteiger partial charge in [0.25, 0.3) is 0 Å². The average molecular weight is 252 g/mol. The Morgan fingerprint density at radius 3 is 2.22 bits per heavy atom. The second kappa shape index (κ2) is 8.39. The van der Waals surface area contributed by atoms with E-state index in [0.29, 0.717) is 12.4 Å². The van der Waals surface area contributed by atoms with Crippen molar-refractivity contribution in [2.24, 2.45) is 0 Å². The minimum atomic E-state index is -0.360. The minimum Gasteiger partial charge on any atom is -0.494 e. The van der Waals surface area contributed by atoms with E-state index in [1.165, 1.54) is 0 Å². The quantitative estimate of drug-likeness (QED) is 0.527. The normalized spacial score (nSPS) is 9.89. The number of esters is 1. The standard InChI is InChI=1S/C14H20O4/c1-3-5-10-17-12-6-8-13(9-7-12)18-11-14(15)16-4-2/h6-9H,3-5,10-11H2,1-2H3. The number of hydrogen-bond acceptors (Lipinski definition) is 4. The van der Waals surface area contributed by atoms with Crippen LogP contribution in [-0.4, -0.2) is 25.8 Å². The van der Waals surface area contributed by atoms with E-state index in [2.05, 4.69) is 6.92 Å². The number of carbonyl (C=O) groups is 1. The van der Waals surface area contributed by atoms with Crippen LogP contribution in [0.1, 0.15) is 26.7 Å². The lowest BCUT2D eigenvalue weighted by molar-refractivity contribution is -0.145. The predicted octanol–water partition coefficient (Wildman–Crippen LogP) is 2.81. The molecule has 18 heavy (non-hydrogen) atoms. The van der Waals surface area contributed by atoms with Crippen LogP contribution < -0.4 is 9.47 Å². The molecule has 1 aromatic carbocycles. The third-order valence-corrected chi connectivity index (χ3v) is 2.25. The Balaban J connectivity index is 2.33. The Morgan fingerprint density at radius 2 is 1.67 bits per heavy atom. The zero-order valence-electron chi connectivity index (χ0n) is 11.0. The highest BCUT2D eigenvalue weighted by molar-refractivity contribution is 5.71. The maximum Gasteiger partial charge on any atom is 0.344 e. The molecule has 0 unspecified atom stereocenters. The van der Waals surface area contributed by atoms with Crippen LogP contribution in [-0.2, 0) is 9.53 Å². The molecule has 1 rings (SSSR count). The van der Waals surface area contributed by atoms with E-state index in [4.69, 9.17) is 14.2 Å². The molecule has 0 saturated carbocycles. The van der Waals surface area contributed by atoms with Gasteiger partial charge >= 0.3 is 5.97 Å². The summed E-state index contributed by atoms with van der Waals surface area (Å²) in [6, 6.07) is 7.22. The number of hydrogen-bond donors (Lipinski definition) is 0. The van der Waals surface area contributed by atoms with E-state index in [1.807, 2.05) is 12.1 Å². The zero-order valence-corrected chi connectivity index (χ0v) is 11.0. The van der Waals surface area contributed by atoms with Crippen molar-refractivity contribution in [3.63, 3.8) is 0 Å². The van der Waals surface area contributed by atoms with Crippen molar-refractivity contribution in [2.75, 3.05) is 19.8 Å². The van der Waals surface area contributed by atoms with Crippen LogP contribution in [0.25, 0.3) is 0 Å². The summed E-state index contributed by atoms with van der Waals surface area (Å²) in [5, 5.41) is 0. The number of benzene rings is 1. The molecular formula is C14H20O4. The maximum atomic E-state index is 11.1. The molecule has 0 spiro atoms. The Bertz CT molecular complexity index is 345. The van der Waals surface area contributed by atoms with Gasteiger partial charge in [0.05, 0.1) is 13.2 Å². The van der Waals surface area contributed by atoms with Gasteiger partial charge in [0, 0.05) is 0 Å². The van der Waals surface area contributed by atoms with Crippen LogP contribution in [0.3, 0.4) is 0 Å². The SMILES string of the molecule is CCCCOc1ccc(OCC(=O)OCC)cc1. The fraction of sp³-hybridized carbons (Fsp3) is 0.500. The summed E-state index contributed by atoms with van der Waals surface area (Å²) < 4.78 is 15.6. The summed E-state index contributed by atoms with van der Waals surface area (Å²) in [6.45, 7) is 4.91. The number of ether oxygens (including phenoxy) is 3. The first kappa shape index (κ1) is 14.4. The molecule has 0 radical (unpaired) electrons. The first-order chi connectivity index (χ1) is 8.76. The molecule has 0 aliphatic rings. The molecule has 0 saturated heterocycles. The number of rotatable bonds is 8. The monoisotopic (exact) mass is 252 g/mol. The molecule has 4 heteroatoms. The van der Waals surface area contributed by atoms with Crippen LogP contribution in [0.4, 0.5) is 0 Å². The topological polar surface area (TPSA) is 44.8 Å². The van der Waals surface area contributed by atoms with Crippen molar-refractivity contribution < 1.29 is 19.0 Å². The Morgan fingerprint density at radius 1 is 1.06 bits per heavy atom. The third-order valence-electron chi connectivity index (χ3n) is 2.25. The first-order valence-electron chi connectivity index (χ1n) is 6.27. The van der Waals surface area contributed by atoms with Gasteiger partial charge < -0.3 is 14.2 Å². The smallest absolute Gasteiger partial charge is 0.344 e. The molecule has 1 aromatic rings. The average Bonchev–Trinajstić information content (AvgIpc) is 2.38. The van der Waals surface area contributed by atoms with E-state index in [-0.39, 0.29) is 12.6 Å². The maximum absolute atomic E-state index is 11.1. The van der Waals surface area contributed by atoms with Gasteiger partial charge in [-0.2, -0.15) is 0 Å². The minimum absolute atomic E-state index is 0.0656. The van der Waals surface area contributed by atoms with E-state index in [1.54, 1.807) is 19.1 Å².